The molecule has 0 aliphatic carbocycles. The molecule has 0 aliphatic rings. The first-order valence-electron chi connectivity index (χ1n) is 18.6. The van der Waals surface area contributed by atoms with Gasteiger partial charge in [0.2, 0.25) is 0 Å². The van der Waals surface area contributed by atoms with Crippen LogP contribution in [0.1, 0.15) is 63.8 Å². The number of fused-ring (bicyclic) bond motifs is 3. The molecule has 272 valence electrons. The van der Waals surface area contributed by atoms with Crippen LogP contribution in [0.25, 0.3) is 43.8 Å². The molecule has 8 rings (SSSR count). The summed E-state index contributed by atoms with van der Waals surface area (Å²) in [6.45, 7) is 13.9. The molecular weight excluding hydrogens is 862 g/mol. The molecule has 0 N–H and O–H groups in total. The van der Waals surface area contributed by atoms with Gasteiger partial charge in [-0.1, -0.05) is 114 Å². The first kappa shape index (κ1) is 39.6. The number of halogens is 2. The Balaban J connectivity index is 0.000000195. The summed E-state index contributed by atoms with van der Waals surface area (Å²) in [5.41, 5.74) is 10.5. The monoisotopic (exact) mass is 910 g/mol. The van der Waals surface area contributed by atoms with Crippen LogP contribution < -0.4 is 0 Å². The molecule has 0 amide bonds. The molecule has 54 heavy (non-hydrogen) atoms. The molecule has 0 radical (unpaired) electrons. The molecule has 0 fully saturated rings. The van der Waals surface area contributed by atoms with Crippen LogP contribution in [-0.4, -0.2) is 3.26 Å². The normalized spacial score (nSPS) is 11.3. The molecule has 0 bridgehead atoms. The summed E-state index contributed by atoms with van der Waals surface area (Å²) in [5, 5.41) is 5.36. The average molecular weight is 910 g/mol. The third-order valence-corrected chi connectivity index (χ3v) is 16.2. The molecule has 0 unspecified atom stereocenters. The van der Waals surface area contributed by atoms with E-state index in [2.05, 4.69) is 157 Å². The third-order valence-electron chi connectivity index (χ3n) is 9.64. The average Bonchev–Trinajstić information content (AvgIpc) is 3.87. The van der Waals surface area contributed by atoms with Gasteiger partial charge < -0.3 is 0 Å². The molecule has 0 nitrogen and oxygen atoms in total. The van der Waals surface area contributed by atoms with Crippen molar-refractivity contribution < 1.29 is 18.6 Å². The van der Waals surface area contributed by atoms with Crippen LogP contribution in [-0.2, 0) is 29.4 Å². The maximum Gasteiger partial charge on any atom is -0.172 e. The molecule has 8 aromatic carbocycles. The van der Waals surface area contributed by atoms with Gasteiger partial charge in [0.05, 0.1) is 0 Å². The standard InChI is InChI=1S/C33H33.C13H10.C5H5.2ClH.Hf/c1-32(2,3)30-20-26-24(18-28(30)22-13-9-7-10-14-22)17-25-19-29(23-15-11-8-12-16-23)31(21-27(25)26)33(4,5)6;1-3-7-12(8-4-1)11-13-9-5-2-6-10-13;1-2-4-5-3-1;;;/h7-21H,1-6H3;1-10H;1-5H;2*1H;/q-1;;-1;;;+2/p-2. The van der Waals surface area contributed by atoms with Crippen molar-refractivity contribution in [2.24, 2.45) is 0 Å². The Kier molecular flexibility index (Phi) is 12.9. The number of hydrogen-bond acceptors (Lipinski definition) is 0. The second-order valence-electron chi connectivity index (χ2n) is 15.7. The number of rotatable bonds is 4. The zero-order valence-electron chi connectivity index (χ0n) is 32.1. The van der Waals surface area contributed by atoms with E-state index in [1.54, 1.807) is 0 Å². The molecule has 0 heterocycles. The topological polar surface area (TPSA) is 0 Å². The Hall–Kier alpha value is -4.14. The van der Waals surface area contributed by atoms with Gasteiger partial charge in [-0.05, 0) is 44.2 Å². The Bertz CT molecular complexity index is 2250. The Morgan fingerprint density at radius 3 is 1.11 bits per heavy atom. The number of benzene rings is 6. The van der Waals surface area contributed by atoms with Crippen molar-refractivity contribution in [3.63, 3.8) is 0 Å². The van der Waals surface area contributed by atoms with Gasteiger partial charge in [0.1, 0.15) is 0 Å². The summed E-state index contributed by atoms with van der Waals surface area (Å²) in [6.07, 6.45) is 0. The molecule has 0 saturated heterocycles. The van der Waals surface area contributed by atoms with E-state index in [0.717, 1.165) is 14.4 Å². The second kappa shape index (κ2) is 17.5. The predicted octanol–water partition coefficient (Wildman–Crippen LogP) is 15.2. The van der Waals surface area contributed by atoms with E-state index in [9.17, 15) is 0 Å². The predicted molar refractivity (Wildman–Crippen MR) is 235 cm³/mol. The fourth-order valence-corrected chi connectivity index (χ4v) is 13.3. The van der Waals surface area contributed by atoms with Crippen LogP contribution in [0.5, 0.6) is 0 Å². The van der Waals surface area contributed by atoms with Crippen LogP contribution in [0, 0.1) is 0 Å². The zero-order chi connectivity index (χ0) is 38.3. The van der Waals surface area contributed by atoms with Crippen molar-refractivity contribution in [2.75, 3.05) is 0 Å². The largest absolute Gasteiger partial charge is 0.214 e. The maximum absolute atomic E-state index is 6.25. The van der Waals surface area contributed by atoms with Gasteiger partial charge in [-0.2, -0.15) is 18.2 Å². The molecule has 0 aromatic heterocycles. The van der Waals surface area contributed by atoms with E-state index in [1.807, 2.05) is 66.7 Å². The van der Waals surface area contributed by atoms with E-state index in [0.29, 0.717) is 0 Å². The molecule has 0 aliphatic heterocycles. The van der Waals surface area contributed by atoms with Gasteiger partial charge in [-0.15, -0.1) is 39.7 Å². The van der Waals surface area contributed by atoms with E-state index in [-0.39, 0.29) is 10.8 Å². The summed E-state index contributed by atoms with van der Waals surface area (Å²) in [4.78, 5) is 0. The zero-order valence-corrected chi connectivity index (χ0v) is 37.2. The first-order chi connectivity index (χ1) is 25.9. The molecule has 0 spiro atoms. The van der Waals surface area contributed by atoms with Crippen molar-refractivity contribution >= 4 is 42.0 Å². The molecule has 0 atom stereocenters. The van der Waals surface area contributed by atoms with Crippen LogP contribution in [0.3, 0.4) is 0 Å². The van der Waals surface area contributed by atoms with Crippen molar-refractivity contribution in [3.05, 3.63) is 204 Å². The van der Waals surface area contributed by atoms with E-state index >= 15 is 0 Å². The molecule has 8 aromatic rings. The summed E-state index contributed by atoms with van der Waals surface area (Å²) in [7, 11) is 12.5. The third kappa shape index (κ3) is 9.56. The van der Waals surface area contributed by atoms with Gasteiger partial charge in [-0.3, -0.25) is 0 Å². The van der Waals surface area contributed by atoms with Crippen molar-refractivity contribution in [1.82, 2.24) is 0 Å². The minimum atomic E-state index is -2.60. The van der Waals surface area contributed by atoms with E-state index < -0.39 is 18.6 Å². The minimum Gasteiger partial charge on any atom is -0.214 e. The molecule has 3 heteroatoms. The summed E-state index contributed by atoms with van der Waals surface area (Å²) >= 11 is -2.60. The fourth-order valence-electron chi connectivity index (χ4n) is 6.98. The van der Waals surface area contributed by atoms with Crippen LogP contribution in [0.4, 0.5) is 0 Å². The SMILES string of the molecule is CC(C)(C)c1cc2c(cc1-c1ccccc1)[cH-]c1cc(-c3ccccc3)c(C(C)(C)C)cc12.[Cl][Hf]([Cl])=[C](c1ccccc1)c1ccccc1.c1cc[cH-]c1. The molecular formula is C51H48Cl2Hf-2. The minimum absolute atomic E-state index is 0.0554. The number of hydrogen-bond donors (Lipinski definition) is 0. The Morgan fingerprint density at radius 1 is 0.463 bits per heavy atom. The summed E-state index contributed by atoms with van der Waals surface area (Å²) in [6, 6.07) is 64.1. The van der Waals surface area contributed by atoms with Gasteiger partial charge in [0.25, 0.3) is 0 Å². The smallest absolute Gasteiger partial charge is 0.172 e. The van der Waals surface area contributed by atoms with E-state index in [4.69, 9.17) is 17.2 Å². The van der Waals surface area contributed by atoms with Crippen LogP contribution in [0.2, 0.25) is 0 Å². The van der Waals surface area contributed by atoms with Crippen molar-refractivity contribution in [2.45, 2.75) is 52.4 Å². The van der Waals surface area contributed by atoms with Crippen molar-refractivity contribution in [1.29, 1.82) is 0 Å². The van der Waals surface area contributed by atoms with Crippen LogP contribution >= 0.6 is 17.2 Å². The van der Waals surface area contributed by atoms with Crippen LogP contribution in [0.15, 0.2) is 182 Å². The first-order valence-corrected chi connectivity index (χ1v) is 29.3. The van der Waals surface area contributed by atoms with Crippen molar-refractivity contribution in [3.8, 4) is 22.3 Å². The van der Waals surface area contributed by atoms with E-state index in [1.165, 1.54) is 54.9 Å². The maximum atomic E-state index is 6.25. The quantitative estimate of drug-likeness (QED) is 0.122. The van der Waals surface area contributed by atoms with Gasteiger partial charge in [0, 0.05) is 0 Å². The van der Waals surface area contributed by atoms with Gasteiger partial charge >= 0.3 is 111 Å². The second-order valence-corrected chi connectivity index (χ2v) is 27.1. The molecule has 0 saturated carbocycles. The summed E-state index contributed by atoms with van der Waals surface area (Å²) in [5.74, 6) is 0. The van der Waals surface area contributed by atoms with Gasteiger partial charge in [0.15, 0.2) is 0 Å². The Morgan fingerprint density at radius 2 is 0.815 bits per heavy atom. The fraction of sp³-hybridized carbons (Fsp3) is 0.157. The van der Waals surface area contributed by atoms with Gasteiger partial charge in [-0.25, -0.2) is 12.1 Å². The summed E-state index contributed by atoms with van der Waals surface area (Å²) < 4.78 is 1.16. The Labute approximate surface area is 336 Å².